The lowest BCUT2D eigenvalue weighted by Gasteiger charge is -2.12. The minimum Gasteiger partial charge on any atom is -0.468 e. The van der Waals surface area contributed by atoms with Crippen LogP contribution in [-0.4, -0.2) is 11.0 Å². The second kappa shape index (κ2) is 5.17. The topological polar surface area (TPSA) is 38.1 Å². The maximum Gasteiger partial charge on any atom is 0.121 e. The number of rotatable bonds is 4. The number of aromatic nitrogens is 1. The quantitative estimate of drug-likeness (QED) is 0.912. The zero-order valence-corrected chi connectivity index (χ0v) is 11.5. The van der Waals surface area contributed by atoms with Crippen molar-refractivity contribution in [2.75, 3.05) is 0 Å². The number of hydrogen-bond donors (Lipinski definition) is 1. The molecule has 0 saturated carbocycles. The van der Waals surface area contributed by atoms with Gasteiger partial charge in [-0.15, -0.1) is 0 Å². The SMILES string of the molecule is CC(C)NCc1occc1C1CCc2cccnc21. The molecular weight excluding hydrogens is 236 g/mol. The lowest BCUT2D eigenvalue weighted by molar-refractivity contribution is 0.458. The van der Waals surface area contributed by atoms with Gasteiger partial charge in [0.25, 0.3) is 0 Å². The molecule has 1 aliphatic rings. The second-order valence-electron chi connectivity index (χ2n) is 5.47. The van der Waals surface area contributed by atoms with Gasteiger partial charge in [0.1, 0.15) is 5.76 Å². The van der Waals surface area contributed by atoms with Crippen LogP contribution in [0.15, 0.2) is 35.1 Å². The molecule has 2 heterocycles. The first-order valence-electron chi connectivity index (χ1n) is 6.99. The van der Waals surface area contributed by atoms with Crippen molar-refractivity contribution in [2.45, 2.75) is 45.2 Å². The lowest BCUT2D eigenvalue weighted by Crippen LogP contribution is -2.22. The van der Waals surface area contributed by atoms with Crippen molar-refractivity contribution < 1.29 is 4.42 Å². The predicted molar refractivity (Wildman–Crippen MR) is 75.1 cm³/mol. The molecule has 1 atom stereocenters. The van der Waals surface area contributed by atoms with Gasteiger partial charge in [-0.3, -0.25) is 4.98 Å². The maximum absolute atomic E-state index is 5.65. The minimum absolute atomic E-state index is 0.402. The molecule has 3 rings (SSSR count). The fourth-order valence-corrected chi connectivity index (χ4v) is 2.82. The molecule has 1 unspecified atom stereocenters. The maximum atomic E-state index is 5.65. The van der Waals surface area contributed by atoms with Gasteiger partial charge in [-0.05, 0) is 30.5 Å². The molecule has 3 heteroatoms. The summed E-state index contributed by atoms with van der Waals surface area (Å²) >= 11 is 0. The summed E-state index contributed by atoms with van der Waals surface area (Å²) in [5.74, 6) is 1.45. The fraction of sp³-hybridized carbons (Fsp3) is 0.438. The summed E-state index contributed by atoms with van der Waals surface area (Å²) in [7, 11) is 0. The van der Waals surface area contributed by atoms with E-state index in [4.69, 9.17) is 4.42 Å². The van der Waals surface area contributed by atoms with Crippen LogP contribution < -0.4 is 5.32 Å². The van der Waals surface area contributed by atoms with Gasteiger partial charge in [-0.1, -0.05) is 19.9 Å². The Balaban J connectivity index is 1.86. The first-order valence-corrected chi connectivity index (χ1v) is 6.99. The van der Waals surface area contributed by atoms with Gasteiger partial charge in [-0.25, -0.2) is 0 Å². The van der Waals surface area contributed by atoms with Crippen molar-refractivity contribution in [2.24, 2.45) is 0 Å². The van der Waals surface area contributed by atoms with Crippen LogP contribution in [0, 0.1) is 0 Å². The predicted octanol–water partition coefficient (Wildman–Crippen LogP) is 3.25. The Morgan fingerprint density at radius 3 is 3.16 bits per heavy atom. The van der Waals surface area contributed by atoms with Gasteiger partial charge in [0.05, 0.1) is 18.5 Å². The summed E-state index contributed by atoms with van der Waals surface area (Å²) in [6.45, 7) is 5.09. The van der Waals surface area contributed by atoms with E-state index in [0.717, 1.165) is 25.1 Å². The molecule has 3 nitrogen and oxygen atoms in total. The second-order valence-corrected chi connectivity index (χ2v) is 5.47. The third kappa shape index (κ3) is 2.43. The zero-order valence-electron chi connectivity index (χ0n) is 11.5. The fourth-order valence-electron chi connectivity index (χ4n) is 2.82. The molecule has 100 valence electrons. The van der Waals surface area contributed by atoms with Crippen LogP contribution in [0.5, 0.6) is 0 Å². The molecule has 0 aromatic carbocycles. The van der Waals surface area contributed by atoms with E-state index in [2.05, 4.69) is 36.3 Å². The Morgan fingerprint density at radius 1 is 1.42 bits per heavy atom. The van der Waals surface area contributed by atoms with Crippen molar-refractivity contribution in [3.63, 3.8) is 0 Å². The van der Waals surface area contributed by atoms with E-state index in [1.807, 2.05) is 12.3 Å². The molecule has 19 heavy (non-hydrogen) atoms. The molecule has 1 aliphatic carbocycles. The molecule has 0 saturated heterocycles. The van der Waals surface area contributed by atoms with Crippen LogP contribution in [0.25, 0.3) is 0 Å². The van der Waals surface area contributed by atoms with Crippen LogP contribution in [0.4, 0.5) is 0 Å². The highest BCUT2D eigenvalue weighted by Crippen LogP contribution is 2.38. The monoisotopic (exact) mass is 256 g/mol. The summed E-state index contributed by atoms with van der Waals surface area (Å²) in [6.07, 6.45) is 5.95. The van der Waals surface area contributed by atoms with Crippen molar-refractivity contribution in [1.82, 2.24) is 10.3 Å². The number of aryl methyl sites for hydroxylation is 1. The van der Waals surface area contributed by atoms with E-state index in [1.54, 1.807) is 6.26 Å². The lowest BCUT2D eigenvalue weighted by atomic mass is 9.96. The van der Waals surface area contributed by atoms with Crippen LogP contribution in [0.1, 0.15) is 48.8 Å². The molecule has 2 aromatic heterocycles. The average molecular weight is 256 g/mol. The van der Waals surface area contributed by atoms with Crippen molar-refractivity contribution in [3.05, 3.63) is 53.2 Å². The van der Waals surface area contributed by atoms with Crippen LogP contribution >= 0.6 is 0 Å². The summed E-state index contributed by atoms with van der Waals surface area (Å²) in [6, 6.07) is 6.78. The molecule has 1 N–H and O–H groups in total. The Labute approximate surface area is 114 Å². The van der Waals surface area contributed by atoms with Gasteiger partial charge in [0, 0.05) is 23.7 Å². The molecule has 0 aliphatic heterocycles. The van der Waals surface area contributed by atoms with E-state index in [9.17, 15) is 0 Å². The summed E-state index contributed by atoms with van der Waals surface area (Å²) < 4.78 is 5.65. The van der Waals surface area contributed by atoms with Crippen molar-refractivity contribution >= 4 is 0 Å². The highest BCUT2D eigenvalue weighted by molar-refractivity contribution is 5.38. The third-order valence-electron chi connectivity index (χ3n) is 3.78. The van der Waals surface area contributed by atoms with E-state index in [0.29, 0.717) is 12.0 Å². The average Bonchev–Trinajstić information content (AvgIpc) is 3.02. The summed E-state index contributed by atoms with van der Waals surface area (Å²) in [4.78, 5) is 4.57. The minimum atomic E-state index is 0.402. The number of fused-ring (bicyclic) bond motifs is 1. The molecule has 0 fully saturated rings. The standard InChI is InChI=1S/C16H20N2O/c1-11(2)18-10-15-13(7-9-19-15)14-6-5-12-4-3-8-17-16(12)14/h3-4,7-9,11,14,18H,5-6,10H2,1-2H3. The molecule has 0 radical (unpaired) electrons. The van der Waals surface area contributed by atoms with E-state index >= 15 is 0 Å². The van der Waals surface area contributed by atoms with Gasteiger partial charge in [0.15, 0.2) is 0 Å². The van der Waals surface area contributed by atoms with Crippen molar-refractivity contribution in [3.8, 4) is 0 Å². The number of nitrogens with one attached hydrogen (secondary N) is 1. The first-order chi connectivity index (χ1) is 9.25. The Hall–Kier alpha value is -1.61. The normalized spacial score (nSPS) is 17.9. The van der Waals surface area contributed by atoms with E-state index in [-0.39, 0.29) is 0 Å². The third-order valence-corrected chi connectivity index (χ3v) is 3.78. The summed E-state index contributed by atoms with van der Waals surface area (Å²) in [5.41, 5.74) is 3.91. The van der Waals surface area contributed by atoms with Gasteiger partial charge in [0.2, 0.25) is 0 Å². The number of furan rings is 1. The molecule has 2 aromatic rings. The van der Waals surface area contributed by atoms with Gasteiger partial charge < -0.3 is 9.73 Å². The van der Waals surface area contributed by atoms with E-state index in [1.165, 1.54) is 16.8 Å². The van der Waals surface area contributed by atoms with Crippen LogP contribution in [-0.2, 0) is 13.0 Å². The smallest absolute Gasteiger partial charge is 0.121 e. The van der Waals surface area contributed by atoms with Crippen LogP contribution in [0.3, 0.4) is 0 Å². The van der Waals surface area contributed by atoms with Gasteiger partial charge in [-0.2, -0.15) is 0 Å². The Kier molecular flexibility index (Phi) is 3.38. The number of hydrogen-bond acceptors (Lipinski definition) is 3. The highest BCUT2D eigenvalue weighted by Gasteiger charge is 2.28. The number of pyridine rings is 1. The first kappa shape index (κ1) is 12.4. The van der Waals surface area contributed by atoms with Crippen LogP contribution in [0.2, 0.25) is 0 Å². The molecular formula is C16H20N2O. The zero-order chi connectivity index (χ0) is 13.2. The molecule has 0 amide bonds. The molecule has 0 bridgehead atoms. The Morgan fingerprint density at radius 2 is 2.32 bits per heavy atom. The van der Waals surface area contributed by atoms with Gasteiger partial charge >= 0.3 is 0 Å². The Bertz CT molecular complexity index is 559. The van der Waals surface area contributed by atoms with E-state index < -0.39 is 0 Å². The van der Waals surface area contributed by atoms with Crippen molar-refractivity contribution in [1.29, 1.82) is 0 Å². The molecule has 0 spiro atoms. The number of nitrogens with zero attached hydrogens (tertiary/aromatic N) is 1. The summed E-state index contributed by atoms with van der Waals surface area (Å²) in [5, 5.41) is 3.42. The largest absolute Gasteiger partial charge is 0.468 e. The highest BCUT2D eigenvalue weighted by atomic mass is 16.3.